The third-order valence-electron chi connectivity index (χ3n) is 5.86. The van der Waals surface area contributed by atoms with Crippen LogP contribution in [0.4, 0.5) is 17.1 Å². The van der Waals surface area contributed by atoms with E-state index in [0.717, 1.165) is 59.7 Å². The molecule has 0 saturated carbocycles. The number of anilines is 3. The highest BCUT2D eigenvalue weighted by molar-refractivity contribution is 7.80. The minimum atomic E-state index is 0.506. The van der Waals surface area contributed by atoms with Crippen molar-refractivity contribution in [1.82, 2.24) is 9.97 Å². The monoisotopic (exact) mass is 473 g/mol. The molecular weight excluding hydrogens is 450 g/mol. The van der Waals surface area contributed by atoms with Crippen molar-refractivity contribution in [2.75, 3.05) is 55.1 Å². The molecule has 1 aromatic heterocycles. The van der Waals surface area contributed by atoms with E-state index >= 15 is 0 Å². The zero-order chi connectivity index (χ0) is 22.9. The van der Waals surface area contributed by atoms with Gasteiger partial charge in [0.1, 0.15) is 13.2 Å². The summed E-state index contributed by atoms with van der Waals surface area (Å²) in [5.74, 6) is 1.41. The normalized spacial score (nSPS) is 15.4. The Hall–Kier alpha value is -3.69. The molecule has 0 radical (unpaired) electrons. The van der Waals surface area contributed by atoms with Gasteiger partial charge in [0, 0.05) is 42.3 Å². The van der Waals surface area contributed by atoms with Crippen LogP contribution >= 0.6 is 12.2 Å². The zero-order valence-electron chi connectivity index (χ0n) is 18.4. The van der Waals surface area contributed by atoms with Gasteiger partial charge in [-0.3, -0.25) is 0 Å². The molecule has 3 aromatic carbocycles. The Morgan fingerprint density at radius 1 is 0.706 bits per heavy atom. The number of rotatable bonds is 3. The molecule has 1 saturated heterocycles. The molecule has 1 fully saturated rings. The van der Waals surface area contributed by atoms with E-state index in [1.54, 1.807) is 0 Å². The second-order valence-corrected chi connectivity index (χ2v) is 8.55. The number of morpholine rings is 1. The molecule has 0 unspecified atom stereocenters. The van der Waals surface area contributed by atoms with Crippen molar-refractivity contribution < 1.29 is 14.2 Å². The van der Waals surface area contributed by atoms with E-state index in [9.17, 15) is 0 Å². The summed E-state index contributed by atoms with van der Waals surface area (Å²) in [5, 5.41) is 6.99. The van der Waals surface area contributed by atoms with Gasteiger partial charge in [-0.25, -0.2) is 9.97 Å². The first-order chi connectivity index (χ1) is 16.7. The highest BCUT2D eigenvalue weighted by Gasteiger charge is 2.15. The van der Waals surface area contributed by atoms with Gasteiger partial charge in [-0.1, -0.05) is 0 Å². The molecule has 2 aliphatic heterocycles. The fourth-order valence-electron chi connectivity index (χ4n) is 4.16. The first-order valence-corrected chi connectivity index (χ1v) is 11.6. The first kappa shape index (κ1) is 20.9. The van der Waals surface area contributed by atoms with E-state index in [1.165, 1.54) is 5.69 Å². The topological polar surface area (TPSA) is 80.8 Å². The van der Waals surface area contributed by atoms with Crippen LogP contribution in [0.3, 0.4) is 0 Å². The second kappa shape index (κ2) is 8.92. The van der Waals surface area contributed by atoms with E-state index in [-0.39, 0.29) is 0 Å². The molecular formula is C25H23N5O3S. The maximum atomic E-state index is 5.68. The van der Waals surface area contributed by atoms with Crippen LogP contribution in [-0.4, -0.2) is 54.6 Å². The summed E-state index contributed by atoms with van der Waals surface area (Å²) in [4.78, 5) is 11.8. The Bertz CT molecular complexity index is 1370. The molecule has 0 spiro atoms. The molecule has 4 aromatic rings. The van der Waals surface area contributed by atoms with Crippen molar-refractivity contribution in [2.45, 2.75) is 0 Å². The lowest BCUT2D eigenvalue weighted by molar-refractivity contribution is 0.122. The van der Waals surface area contributed by atoms with Crippen LogP contribution in [0.25, 0.3) is 22.1 Å². The number of nitrogens with one attached hydrogen (secondary N) is 2. The van der Waals surface area contributed by atoms with Gasteiger partial charge < -0.3 is 29.7 Å². The predicted octanol–water partition coefficient (Wildman–Crippen LogP) is 4.20. The predicted molar refractivity (Wildman–Crippen MR) is 137 cm³/mol. The minimum absolute atomic E-state index is 0.506. The van der Waals surface area contributed by atoms with Crippen molar-refractivity contribution in [2.24, 2.45) is 0 Å². The Balaban J connectivity index is 1.17. The van der Waals surface area contributed by atoms with Crippen LogP contribution in [-0.2, 0) is 4.74 Å². The Morgan fingerprint density at radius 2 is 1.29 bits per heavy atom. The maximum absolute atomic E-state index is 5.68. The summed E-state index contributed by atoms with van der Waals surface area (Å²) in [5.41, 5.74) is 6.05. The lowest BCUT2D eigenvalue weighted by Crippen LogP contribution is -2.36. The number of ether oxygens (including phenoxy) is 3. The highest BCUT2D eigenvalue weighted by Crippen LogP contribution is 2.34. The minimum Gasteiger partial charge on any atom is -0.486 e. The first-order valence-electron chi connectivity index (χ1n) is 11.2. The molecule has 34 heavy (non-hydrogen) atoms. The third kappa shape index (κ3) is 4.27. The van der Waals surface area contributed by atoms with Gasteiger partial charge >= 0.3 is 0 Å². The number of aromatic nitrogens is 2. The van der Waals surface area contributed by atoms with E-state index < -0.39 is 0 Å². The summed E-state index contributed by atoms with van der Waals surface area (Å²) < 4.78 is 16.8. The number of benzene rings is 3. The quantitative estimate of drug-likeness (QED) is 0.336. The molecule has 2 aliphatic rings. The molecule has 9 heteroatoms. The van der Waals surface area contributed by atoms with Crippen molar-refractivity contribution in [1.29, 1.82) is 0 Å². The summed E-state index contributed by atoms with van der Waals surface area (Å²) in [6.45, 7) is 4.44. The maximum Gasteiger partial charge on any atom is 0.175 e. The van der Waals surface area contributed by atoms with Gasteiger partial charge in [0.15, 0.2) is 16.6 Å². The molecule has 0 atom stereocenters. The third-order valence-corrected chi connectivity index (χ3v) is 6.06. The average Bonchev–Trinajstić information content (AvgIpc) is 2.87. The SMILES string of the molecule is S=C(Nc1ccc(N2CCOCC2)cc1)Nc1ccc2nc3cc4c(cc3nc2c1)OCCO4. The number of fused-ring (bicyclic) bond motifs is 3. The largest absolute Gasteiger partial charge is 0.486 e. The van der Waals surface area contributed by atoms with Gasteiger partial charge in [-0.05, 0) is 54.7 Å². The van der Waals surface area contributed by atoms with Gasteiger partial charge in [0.2, 0.25) is 0 Å². The van der Waals surface area contributed by atoms with Gasteiger partial charge in [0.25, 0.3) is 0 Å². The van der Waals surface area contributed by atoms with Crippen LogP contribution in [0, 0.1) is 0 Å². The molecule has 6 rings (SSSR count). The number of hydrogen-bond donors (Lipinski definition) is 2. The van der Waals surface area contributed by atoms with Crippen molar-refractivity contribution in [3.05, 3.63) is 54.6 Å². The van der Waals surface area contributed by atoms with E-state index in [1.807, 2.05) is 42.5 Å². The van der Waals surface area contributed by atoms with Crippen molar-refractivity contribution >= 4 is 56.5 Å². The lowest BCUT2D eigenvalue weighted by Gasteiger charge is -2.29. The molecule has 2 N–H and O–H groups in total. The van der Waals surface area contributed by atoms with Crippen LogP contribution in [0.2, 0.25) is 0 Å². The molecule has 0 amide bonds. The number of thiocarbonyl (C=S) groups is 1. The Kier molecular flexibility index (Phi) is 5.48. The van der Waals surface area contributed by atoms with E-state index in [0.29, 0.717) is 29.8 Å². The van der Waals surface area contributed by atoms with E-state index in [4.69, 9.17) is 36.4 Å². The van der Waals surface area contributed by atoms with Crippen LogP contribution in [0.5, 0.6) is 11.5 Å². The molecule has 172 valence electrons. The standard InChI is InChI=1S/C25H23N5O3S/c34-25(26-16-1-4-18(5-2-16)30-7-9-31-10-8-30)27-17-3-6-19-20(13-17)29-22-15-24-23(14-21(22)28-19)32-11-12-33-24/h1-6,13-15H,7-12H2,(H2,26,27,34). The van der Waals surface area contributed by atoms with Gasteiger partial charge in [0.05, 0.1) is 35.3 Å². The number of nitrogens with zero attached hydrogens (tertiary/aromatic N) is 3. The van der Waals surface area contributed by atoms with Crippen LogP contribution in [0.1, 0.15) is 0 Å². The fourth-order valence-corrected chi connectivity index (χ4v) is 4.40. The lowest BCUT2D eigenvalue weighted by atomic mass is 10.2. The molecule has 8 nitrogen and oxygen atoms in total. The average molecular weight is 474 g/mol. The fraction of sp³-hybridized carbons (Fsp3) is 0.240. The molecule has 3 heterocycles. The summed E-state index contributed by atoms with van der Waals surface area (Å²) in [6.07, 6.45) is 0. The summed E-state index contributed by atoms with van der Waals surface area (Å²) >= 11 is 5.53. The highest BCUT2D eigenvalue weighted by atomic mass is 32.1. The summed E-state index contributed by atoms with van der Waals surface area (Å²) in [7, 11) is 0. The molecule has 0 bridgehead atoms. The van der Waals surface area contributed by atoms with Gasteiger partial charge in [-0.15, -0.1) is 0 Å². The van der Waals surface area contributed by atoms with Crippen molar-refractivity contribution in [3.8, 4) is 11.5 Å². The van der Waals surface area contributed by atoms with Crippen LogP contribution < -0.4 is 25.0 Å². The Labute approximate surface area is 201 Å². The van der Waals surface area contributed by atoms with E-state index in [2.05, 4.69) is 27.7 Å². The Morgan fingerprint density at radius 3 is 2.00 bits per heavy atom. The smallest absolute Gasteiger partial charge is 0.175 e. The van der Waals surface area contributed by atoms with Gasteiger partial charge in [-0.2, -0.15) is 0 Å². The van der Waals surface area contributed by atoms with Crippen LogP contribution in [0.15, 0.2) is 54.6 Å². The zero-order valence-corrected chi connectivity index (χ0v) is 19.2. The molecule has 0 aliphatic carbocycles. The van der Waals surface area contributed by atoms with Crippen molar-refractivity contribution in [3.63, 3.8) is 0 Å². The second-order valence-electron chi connectivity index (χ2n) is 8.14. The summed E-state index contributed by atoms with van der Waals surface area (Å²) in [6, 6.07) is 17.8. The number of hydrogen-bond acceptors (Lipinski definition) is 7.